The van der Waals surface area contributed by atoms with E-state index in [9.17, 15) is 13.6 Å². The molecule has 0 fully saturated rings. The summed E-state index contributed by atoms with van der Waals surface area (Å²) in [6.45, 7) is 1.67. The fourth-order valence-electron chi connectivity index (χ4n) is 2.42. The smallest absolute Gasteiger partial charge is 0.237 e. The van der Waals surface area contributed by atoms with E-state index < -0.39 is 22.8 Å². The molecule has 0 radical (unpaired) electrons. The highest BCUT2D eigenvalue weighted by Gasteiger charge is 2.20. The third-order valence-corrected chi connectivity index (χ3v) is 5.10. The summed E-state index contributed by atoms with van der Waals surface area (Å²) in [5, 5.41) is 10.7. The molecule has 2 aromatic carbocycles. The van der Waals surface area contributed by atoms with Crippen molar-refractivity contribution >= 4 is 23.4 Å². The fraction of sp³-hybridized carbons (Fsp3) is 0.211. The molecular formula is C19H18F2N4OS. The molecule has 1 amide bonds. The first-order valence-corrected chi connectivity index (χ1v) is 9.17. The standard InChI is InChI=1S/C19H18F2N4OS/c1-12(18(26)22-16-11-14(20)8-9-15(16)21)27-19-24-23-17(25(19)2)10-13-6-4-3-5-7-13/h3-9,11-12H,10H2,1-2H3,(H,22,26)/t12-/m0/s1. The van der Waals surface area contributed by atoms with E-state index in [2.05, 4.69) is 15.5 Å². The summed E-state index contributed by atoms with van der Waals surface area (Å²) < 4.78 is 28.7. The van der Waals surface area contributed by atoms with Gasteiger partial charge in [-0.3, -0.25) is 4.79 Å². The lowest BCUT2D eigenvalue weighted by Gasteiger charge is -2.12. The number of anilines is 1. The summed E-state index contributed by atoms with van der Waals surface area (Å²) in [4.78, 5) is 12.3. The van der Waals surface area contributed by atoms with E-state index in [4.69, 9.17) is 0 Å². The number of halogens is 2. The quantitative estimate of drug-likeness (QED) is 0.653. The Labute approximate surface area is 159 Å². The van der Waals surface area contributed by atoms with Crippen molar-refractivity contribution in [2.75, 3.05) is 5.32 Å². The number of rotatable bonds is 6. The van der Waals surface area contributed by atoms with Crippen LogP contribution < -0.4 is 5.32 Å². The molecule has 1 heterocycles. The van der Waals surface area contributed by atoms with Crippen molar-refractivity contribution in [2.45, 2.75) is 23.8 Å². The zero-order valence-corrected chi connectivity index (χ0v) is 15.6. The molecule has 1 atom stereocenters. The highest BCUT2D eigenvalue weighted by atomic mass is 32.2. The van der Waals surface area contributed by atoms with Crippen LogP contribution in [0.2, 0.25) is 0 Å². The highest BCUT2D eigenvalue weighted by Crippen LogP contribution is 2.24. The molecule has 140 valence electrons. The van der Waals surface area contributed by atoms with Gasteiger partial charge in [0.05, 0.1) is 10.9 Å². The van der Waals surface area contributed by atoms with Gasteiger partial charge in [0.2, 0.25) is 5.91 Å². The average molecular weight is 388 g/mol. The SMILES string of the molecule is C[C@H](Sc1nnc(Cc2ccccc2)n1C)C(=O)Nc1cc(F)ccc1F. The van der Waals surface area contributed by atoms with Gasteiger partial charge < -0.3 is 9.88 Å². The Kier molecular flexibility index (Phi) is 5.85. The van der Waals surface area contributed by atoms with Crippen LogP contribution in [0, 0.1) is 11.6 Å². The number of nitrogens with zero attached hydrogens (tertiary/aromatic N) is 3. The van der Waals surface area contributed by atoms with Crippen LogP contribution in [0.4, 0.5) is 14.5 Å². The van der Waals surface area contributed by atoms with E-state index in [0.717, 1.165) is 29.6 Å². The van der Waals surface area contributed by atoms with E-state index in [1.54, 1.807) is 6.92 Å². The topological polar surface area (TPSA) is 59.8 Å². The molecule has 0 spiro atoms. The molecule has 3 aromatic rings. The van der Waals surface area contributed by atoms with Crippen LogP contribution in [-0.4, -0.2) is 25.9 Å². The fourth-order valence-corrected chi connectivity index (χ4v) is 3.25. The number of aromatic nitrogens is 3. The lowest BCUT2D eigenvalue weighted by molar-refractivity contribution is -0.115. The van der Waals surface area contributed by atoms with Crippen LogP contribution in [0.3, 0.4) is 0 Å². The molecular weight excluding hydrogens is 370 g/mol. The molecule has 8 heteroatoms. The second-order valence-corrected chi connectivity index (χ2v) is 7.30. The lowest BCUT2D eigenvalue weighted by Crippen LogP contribution is -2.23. The maximum atomic E-state index is 13.7. The van der Waals surface area contributed by atoms with Crippen molar-refractivity contribution in [3.05, 3.63) is 71.6 Å². The molecule has 27 heavy (non-hydrogen) atoms. The van der Waals surface area contributed by atoms with Crippen molar-refractivity contribution in [3.8, 4) is 0 Å². The van der Waals surface area contributed by atoms with Crippen molar-refractivity contribution in [1.82, 2.24) is 14.8 Å². The van der Waals surface area contributed by atoms with E-state index >= 15 is 0 Å². The van der Waals surface area contributed by atoms with Crippen LogP contribution in [0.1, 0.15) is 18.3 Å². The molecule has 1 aromatic heterocycles. The first kappa shape index (κ1) is 19.0. The van der Waals surface area contributed by atoms with Crippen molar-refractivity contribution in [2.24, 2.45) is 7.05 Å². The number of nitrogens with one attached hydrogen (secondary N) is 1. The summed E-state index contributed by atoms with van der Waals surface area (Å²) >= 11 is 1.20. The zero-order valence-electron chi connectivity index (χ0n) is 14.8. The lowest BCUT2D eigenvalue weighted by atomic mass is 10.1. The number of carbonyl (C=O) groups is 1. The van der Waals surface area contributed by atoms with Gasteiger partial charge in [-0.25, -0.2) is 8.78 Å². The molecule has 0 saturated carbocycles. The van der Waals surface area contributed by atoms with Crippen molar-refractivity contribution in [1.29, 1.82) is 0 Å². The summed E-state index contributed by atoms with van der Waals surface area (Å²) in [5.74, 6) is -0.985. The van der Waals surface area contributed by atoms with E-state index in [-0.39, 0.29) is 5.69 Å². The molecule has 3 rings (SSSR count). The van der Waals surface area contributed by atoms with Gasteiger partial charge in [-0.15, -0.1) is 10.2 Å². The van der Waals surface area contributed by atoms with Gasteiger partial charge in [-0.1, -0.05) is 42.1 Å². The largest absolute Gasteiger partial charge is 0.323 e. The maximum Gasteiger partial charge on any atom is 0.237 e. The predicted octanol–water partition coefficient (Wildman–Crippen LogP) is 3.80. The van der Waals surface area contributed by atoms with Crippen LogP contribution in [0.15, 0.2) is 53.7 Å². The van der Waals surface area contributed by atoms with Crippen molar-refractivity contribution < 1.29 is 13.6 Å². The van der Waals surface area contributed by atoms with Gasteiger partial charge in [-0.05, 0) is 24.6 Å². The Bertz CT molecular complexity index is 946. The van der Waals surface area contributed by atoms with Gasteiger partial charge in [-0.2, -0.15) is 0 Å². The average Bonchev–Trinajstić information content (AvgIpc) is 2.99. The Morgan fingerprint density at radius 1 is 1.19 bits per heavy atom. The summed E-state index contributed by atoms with van der Waals surface area (Å²) in [5.41, 5.74) is 0.923. The Hall–Kier alpha value is -2.74. The minimum atomic E-state index is -0.689. The van der Waals surface area contributed by atoms with Crippen LogP contribution >= 0.6 is 11.8 Å². The first-order valence-electron chi connectivity index (χ1n) is 8.29. The van der Waals surface area contributed by atoms with Gasteiger partial charge in [0.1, 0.15) is 17.5 Å². The molecule has 0 saturated heterocycles. The Morgan fingerprint density at radius 2 is 1.93 bits per heavy atom. The summed E-state index contributed by atoms with van der Waals surface area (Å²) in [7, 11) is 1.83. The third kappa shape index (κ3) is 4.71. The molecule has 0 bridgehead atoms. The first-order chi connectivity index (χ1) is 12.9. The van der Waals surface area contributed by atoms with Gasteiger partial charge >= 0.3 is 0 Å². The van der Waals surface area contributed by atoms with E-state index in [1.807, 2.05) is 41.9 Å². The molecule has 5 nitrogen and oxygen atoms in total. The van der Waals surface area contributed by atoms with Crippen LogP contribution in [-0.2, 0) is 18.3 Å². The van der Waals surface area contributed by atoms with Gasteiger partial charge in [0.25, 0.3) is 0 Å². The zero-order chi connectivity index (χ0) is 19.4. The summed E-state index contributed by atoms with van der Waals surface area (Å²) in [6, 6.07) is 12.8. The Balaban J connectivity index is 1.66. The minimum absolute atomic E-state index is 0.185. The second-order valence-electron chi connectivity index (χ2n) is 5.99. The van der Waals surface area contributed by atoms with Crippen molar-refractivity contribution in [3.63, 3.8) is 0 Å². The van der Waals surface area contributed by atoms with Gasteiger partial charge in [0.15, 0.2) is 5.16 Å². The number of benzene rings is 2. The number of carbonyl (C=O) groups excluding carboxylic acids is 1. The minimum Gasteiger partial charge on any atom is -0.323 e. The predicted molar refractivity (Wildman–Crippen MR) is 101 cm³/mol. The molecule has 1 N–H and O–H groups in total. The molecule has 0 aliphatic rings. The molecule has 0 unspecified atom stereocenters. The van der Waals surface area contributed by atoms with Crippen LogP contribution in [0.25, 0.3) is 0 Å². The summed E-state index contributed by atoms with van der Waals surface area (Å²) in [6.07, 6.45) is 0.625. The highest BCUT2D eigenvalue weighted by molar-refractivity contribution is 8.00. The Morgan fingerprint density at radius 3 is 2.67 bits per heavy atom. The van der Waals surface area contributed by atoms with E-state index in [0.29, 0.717) is 11.6 Å². The normalized spacial score (nSPS) is 12.0. The molecule has 0 aliphatic heterocycles. The number of hydrogen-bond donors (Lipinski definition) is 1. The monoisotopic (exact) mass is 388 g/mol. The van der Waals surface area contributed by atoms with Crippen LogP contribution in [0.5, 0.6) is 0 Å². The number of hydrogen-bond acceptors (Lipinski definition) is 4. The molecule has 0 aliphatic carbocycles. The third-order valence-electron chi connectivity index (χ3n) is 3.97. The second kappa shape index (κ2) is 8.30. The van der Waals surface area contributed by atoms with Gasteiger partial charge in [0, 0.05) is 19.5 Å². The number of thioether (sulfide) groups is 1. The maximum absolute atomic E-state index is 13.7. The van der Waals surface area contributed by atoms with E-state index in [1.165, 1.54) is 11.8 Å². The number of amides is 1.